The minimum Gasteiger partial charge on any atom is -0.479 e. The number of aliphatic carboxylic acids is 1. The molecule has 1 saturated heterocycles. The molecule has 0 spiro atoms. The van der Waals surface area contributed by atoms with Gasteiger partial charge >= 0.3 is 5.97 Å². The van der Waals surface area contributed by atoms with Crippen LogP contribution in [-0.2, 0) is 9.59 Å². The smallest absolute Gasteiger partial charge is 0.334 e. The van der Waals surface area contributed by atoms with E-state index in [1.54, 1.807) is 41.5 Å². The summed E-state index contributed by atoms with van der Waals surface area (Å²) in [5.41, 5.74) is 1.15. The molecule has 3 heterocycles. The maximum atomic E-state index is 12.0. The summed E-state index contributed by atoms with van der Waals surface area (Å²) in [4.78, 5) is 33.6. The van der Waals surface area contributed by atoms with Gasteiger partial charge in [-0.05, 0) is 12.1 Å². The Morgan fingerprint density at radius 1 is 1.31 bits per heavy atom. The summed E-state index contributed by atoms with van der Waals surface area (Å²) in [6.07, 6.45) is 5.15. The van der Waals surface area contributed by atoms with Crippen LogP contribution in [0, 0.1) is 0 Å². The van der Waals surface area contributed by atoms with Crippen molar-refractivity contribution in [2.75, 3.05) is 11.4 Å². The van der Waals surface area contributed by atoms with E-state index < -0.39 is 12.0 Å². The number of fused-ring (bicyclic) bond motifs is 1. The fourth-order valence-corrected chi connectivity index (χ4v) is 3.51. The van der Waals surface area contributed by atoms with Crippen LogP contribution in [0.2, 0.25) is 10.0 Å². The van der Waals surface area contributed by atoms with Crippen molar-refractivity contribution in [2.24, 2.45) is 0 Å². The van der Waals surface area contributed by atoms with Crippen LogP contribution < -0.4 is 4.90 Å². The molecule has 9 heteroatoms. The number of benzene rings is 1. The zero-order chi connectivity index (χ0) is 18.4. The van der Waals surface area contributed by atoms with E-state index >= 15 is 0 Å². The van der Waals surface area contributed by atoms with E-state index in [4.69, 9.17) is 23.2 Å². The summed E-state index contributed by atoms with van der Waals surface area (Å²) in [7, 11) is 0. The number of imidazole rings is 1. The standard InChI is InChI=1S/C17H12Cl2N4O3/c18-10-2-1-9-11(22-6-4-20-8-22)7-13(21-15(9)14(10)19)23-5-3-12(24)16(23)17(25)26/h1-2,4,6-8,16H,3,5H2,(H,25,26)/t16-/m0/s1. The van der Waals surface area contributed by atoms with Gasteiger partial charge in [0.2, 0.25) is 0 Å². The predicted octanol–water partition coefficient (Wildman–Crippen LogP) is 2.96. The van der Waals surface area contributed by atoms with Crippen LogP contribution in [0.25, 0.3) is 16.6 Å². The van der Waals surface area contributed by atoms with Crippen molar-refractivity contribution in [3.05, 3.63) is 47.0 Å². The minimum absolute atomic E-state index is 0.153. The van der Waals surface area contributed by atoms with E-state index in [1.165, 1.54) is 4.90 Å². The Morgan fingerprint density at radius 2 is 2.12 bits per heavy atom. The zero-order valence-electron chi connectivity index (χ0n) is 13.3. The molecule has 1 atom stereocenters. The number of nitrogens with zero attached hydrogens (tertiary/aromatic N) is 4. The molecular weight excluding hydrogens is 379 g/mol. The maximum Gasteiger partial charge on any atom is 0.334 e. The Bertz CT molecular complexity index is 1040. The second kappa shape index (κ2) is 6.26. The van der Waals surface area contributed by atoms with Crippen LogP contribution >= 0.6 is 23.2 Å². The molecule has 0 amide bonds. The van der Waals surface area contributed by atoms with Crippen LogP contribution in [0.3, 0.4) is 0 Å². The van der Waals surface area contributed by atoms with Gasteiger partial charge in [-0.15, -0.1) is 0 Å². The lowest BCUT2D eigenvalue weighted by molar-refractivity contribution is -0.141. The first-order valence-electron chi connectivity index (χ1n) is 7.76. The second-order valence-electron chi connectivity index (χ2n) is 5.88. The number of carbonyl (C=O) groups is 2. The molecule has 26 heavy (non-hydrogen) atoms. The Kier molecular flexibility index (Phi) is 4.05. The Labute approximate surface area is 157 Å². The summed E-state index contributed by atoms with van der Waals surface area (Å²) in [6, 6.07) is 3.93. The van der Waals surface area contributed by atoms with Gasteiger partial charge in [-0.3, -0.25) is 4.79 Å². The molecule has 3 aromatic rings. The third-order valence-electron chi connectivity index (χ3n) is 4.36. The summed E-state index contributed by atoms with van der Waals surface area (Å²) < 4.78 is 1.77. The first-order valence-corrected chi connectivity index (χ1v) is 8.52. The second-order valence-corrected chi connectivity index (χ2v) is 6.66. The third-order valence-corrected chi connectivity index (χ3v) is 5.16. The van der Waals surface area contributed by atoms with Crippen LogP contribution in [0.5, 0.6) is 0 Å². The number of hydrogen-bond donors (Lipinski definition) is 1. The molecule has 0 saturated carbocycles. The van der Waals surface area contributed by atoms with Crippen LogP contribution in [0.15, 0.2) is 36.9 Å². The number of aromatic nitrogens is 3. The normalized spacial score (nSPS) is 17.2. The molecule has 2 aromatic heterocycles. The van der Waals surface area contributed by atoms with Gasteiger partial charge in [-0.1, -0.05) is 23.2 Å². The first-order chi connectivity index (χ1) is 12.5. The quantitative estimate of drug-likeness (QED) is 0.691. The highest BCUT2D eigenvalue weighted by atomic mass is 35.5. The lowest BCUT2D eigenvalue weighted by Gasteiger charge is -2.23. The molecule has 0 unspecified atom stereocenters. The van der Waals surface area contributed by atoms with Gasteiger partial charge in [0, 0.05) is 36.8 Å². The van der Waals surface area contributed by atoms with Crippen molar-refractivity contribution in [1.29, 1.82) is 0 Å². The van der Waals surface area contributed by atoms with E-state index in [1.807, 2.05) is 0 Å². The number of Topliss-reactive ketones (excluding diaryl/α,β-unsaturated/α-hetero) is 1. The van der Waals surface area contributed by atoms with E-state index in [0.29, 0.717) is 22.0 Å². The number of carbonyl (C=O) groups excluding carboxylic acids is 1. The molecular formula is C17H12Cl2N4O3. The van der Waals surface area contributed by atoms with Crippen LogP contribution in [0.4, 0.5) is 5.82 Å². The number of halogens is 2. The van der Waals surface area contributed by atoms with Crippen molar-refractivity contribution >= 4 is 51.7 Å². The van der Waals surface area contributed by atoms with Gasteiger partial charge in [0.15, 0.2) is 11.8 Å². The highest BCUT2D eigenvalue weighted by Gasteiger charge is 2.39. The SMILES string of the molecule is O=C(O)[C@@H]1C(=O)CCN1c1cc(-n2ccnc2)c2ccc(Cl)c(Cl)c2n1. The minimum atomic E-state index is -1.26. The third kappa shape index (κ3) is 2.60. The van der Waals surface area contributed by atoms with Gasteiger partial charge in [0.05, 0.1) is 27.6 Å². The molecule has 1 aliphatic rings. The highest BCUT2D eigenvalue weighted by molar-refractivity contribution is 6.45. The van der Waals surface area contributed by atoms with Crippen LogP contribution in [-0.4, -0.2) is 44.0 Å². The number of anilines is 1. The van der Waals surface area contributed by atoms with Gasteiger partial charge < -0.3 is 14.6 Å². The van der Waals surface area contributed by atoms with E-state index in [0.717, 1.165) is 5.39 Å². The van der Waals surface area contributed by atoms with Crippen molar-refractivity contribution in [2.45, 2.75) is 12.5 Å². The number of hydrogen-bond acceptors (Lipinski definition) is 5. The van der Waals surface area contributed by atoms with E-state index in [2.05, 4.69) is 9.97 Å². The predicted molar refractivity (Wildman–Crippen MR) is 97.3 cm³/mol. The molecule has 0 aliphatic carbocycles. The monoisotopic (exact) mass is 390 g/mol. The molecule has 0 bridgehead atoms. The molecule has 1 aliphatic heterocycles. The van der Waals surface area contributed by atoms with E-state index in [-0.39, 0.29) is 23.8 Å². The van der Waals surface area contributed by atoms with Gasteiger partial charge in [-0.2, -0.15) is 0 Å². The fourth-order valence-electron chi connectivity index (χ4n) is 3.15. The summed E-state index contributed by atoms with van der Waals surface area (Å²) in [5.74, 6) is -1.19. The Balaban J connectivity index is 1.98. The van der Waals surface area contributed by atoms with Gasteiger partial charge in [0.25, 0.3) is 0 Å². The van der Waals surface area contributed by atoms with Gasteiger partial charge in [0.1, 0.15) is 5.82 Å². The molecule has 1 aromatic carbocycles. The Morgan fingerprint density at radius 3 is 2.81 bits per heavy atom. The highest BCUT2D eigenvalue weighted by Crippen LogP contribution is 2.35. The number of ketones is 1. The Hall–Kier alpha value is -2.64. The van der Waals surface area contributed by atoms with Gasteiger partial charge in [-0.25, -0.2) is 14.8 Å². The topological polar surface area (TPSA) is 88.3 Å². The largest absolute Gasteiger partial charge is 0.479 e. The van der Waals surface area contributed by atoms with Crippen molar-refractivity contribution < 1.29 is 14.7 Å². The maximum absolute atomic E-state index is 12.0. The number of carboxylic acid groups (broad SMARTS) is 1. The zero-order valence-corrected chi connectivity index (χ0v) is 14.8. The lowest BCUT2D eigenvalue weighted by Crippen LogP contribution is -2.40. The molecule has 1 fully saturated rings. The molecule has 7 nitrogen and oxygen atoms in total. The molecule has 1 N–H and O–H groups in total. The summed E-state index contributed by atoms with van der Waals surface area (Å²) in [5, 5.41) is 10.8. The van der Waals surface area contributed by atoms with Crippen molar-refractivity contribution in [3.63, 3.8) is 0 Å². The summed E-state index contributed by atoms with van der Waals surface area (Å²) >= 11 is 12.5. The number of pyridine rings is 1. The number of rotatable bonds is 3. The summed E-state index contributed by atoms with van der Waals surface area (Å²) in [6.45, 7) is 0.274. The first kappa shape index (κ1) is 16.8. The average molecular weight is 391 g/mol. The lowest BCUT2D eigenvalue weighted by atomic mass is 10.1. The molecule has 0 radical (unpaired) electrons. The van der Waals surface area contributed by atoms with E-state index in [9.17, 15) is 14.7 Å². The molecule has 132 valence electrons. The van der Waals surface area contributed by atoms with Crippen molar-refractivity contribution in [3.8, 4) is 5.69 Å². The van der Waals surface area contributed by atoms with Crippen LogP contribution in [0.1, 0.15) is 6.42 Å². The number of carboxylic acids is 1. The van der Waals surface area contributed by atoms with Crippen molar-refractivity contribution in [1.82, 2.24) is 14.5 Å². The average Bonchev–Trinajstić information content (AvgIpc) is 3.27. The fraction of sp³-hybridized carbons (Fsp3) is 0.176. The molecule has 4 rings (SSSR count).